The minimum absolute atomic E-state index is 0.0777. The van der Waals surface area contributed by atoms with Crippen LogP contribution in [0.1, 0.15) is 31.2 Å². The number of piperidine rings is 1. The molecule has 1 aromatic rings. The molecule has 104 valence electrons. The van der Waals surface area contributed by atoms with Crippen molar-refractivity contribution in [2.75, 3.05) is 13.2 Å². The first-order chi connectivity index (χ1) is 9.24. The molecular weight excluding hydrogens is 238 g/mol. The molecule has 2 aliphatic heterocycles. The second-order valence-corrected chi connectivity index (χ2v) is 5.86. The van der Waals surface area contributed by atoms with Gasteiger partial charge in [-0.2, -0.15) is 0 Å². The number of hydrogen-bond donors (Lipinski definition) is 1. The highest BCUT2D eigenvalue weighted by atomic mass is 16.5. The molecule has 3 rings (SSSR count). The molecule has 0 amide bonds. The zero-order chi connectivity index (χ0) is 13.2. The third kappa shape index (κ3) is 2.77. The lowest BCUT2D eigenvalue weighted by molar-refractivity contribution is 0.0287. The fraction of sp³-hybridized carbons (Fsp3) is 0.625. The van der Waals surface area contributed by atoms with Crippen molar-refractivity contribution in [3.05, 3.63) is 29.8 Å². The predicted octanol–water partition coefficient (Wildman–Crippen LogP) is 2.36. The van der Waals surface area contributed by atoms with Crippen molar-refractivity contribution in [2.24, 2.45) is 0 Å². The van der Waals surface area contributed by atoms with Gasteiger partial charge in [0, 0.05) is 18.6 Å². The van der Waals surface area contributed by atoms with Gasteiger partial charge in [0.2, 0.25) is 0 Å². The van der Waals surface area contributed by atoms with Crippen LogP contribution in [0.25, 0.3) is 0 Å². The fourth-order valence-corrected chi connectivity index (χ4v) is 3.59. The van der Waals surface area contributed by atoms with Crippen LogP contribution in [-0.4, -0.2) is 41.3 Å². The lowest BCUT2D eigenvalue weighted by Gasteiger charge is -2.37. The maximum absolute atomic E-state index is 9.79. The van der Waals surface area contributed by atoms with Crippen molar-refractivity contribution in [1.82, 2.24) is 4.90 Å². The number of fused-ring (bicyclic) bond motifs is 2. The maximum Gasteiger partial charge on any atom is 0.122 e. The molecule has 2 saturated heterocycles. The van der Waals surface area contributed by atoms with Crippen LogP contribution in [0, 0.1) is 6.92 Å². The topological polar surface area (TPSA) is 32.7 Å². The van der Waals surface area contributed by atoms with Gasteiger partial charge in [0.1, 0.15) is 12.4 Å². The van der Waals surface area contributed by atoms with Gasteiger partial charge in [-0.1, -0.05) is 18.2 Å². The summed E-state index contributed by atoms with van der Waals surface area (Å²) < 4.78 is 5.89. The molecule has 2 atom stereocenters. The van der Waals surface area contributed by atoms with Gasteiger partial charge in [0.15, 0.2) is 0 Å². The van der Waals surface area contributed by atoms with E-state index in [1.807, 2.05) is 18.2 Å². The van der Waals surface area contributed by atoms with Gasteiger partial charge in [0.05, 0.1) is 6.10 Å². The first-order valence-corrected chi connectivity index (χ1v) is 7.36. The summed E-state index contributed by atoms with van der Waals surface area (Å²) in [7, 11) is 0. The smallest absolute Gasteiger partial charge is 0.122 e. The van der Waals surface area contributed by atoms with Crippen molar-refractivity contribution in [3.8, 4) is 5.75 Å². The minimum atomic E-state index is -0.0777. The van der Waals surface area contributed by atoms with Gasteiger partial charge < -0.3 is 9.84 Å². The molecule has 2 fully saturated rings. The third-order valence-electron chi connectivity index (χ3n) is 4.56. The molecule has 2 aliphatic rings. The van der Waals surface area contributed by atoms with E-state index < -0.39 is 0 Å². The van der Waals surface area contributed by atoms with E-state index >= 15 is 0 Å². The molecule has 3 nitrogen and oxygen atoms in total. The van der Waals surface area contributed by atoms with Crippen LogP contribution in [-0.2, 0) is 0 Å². The van der Waals surface area contributed by atoms with E-state index in [0.29, 0.717) is 12.1 Å². The summed E-state index contributed by atoms with van der Waals surface area (Å²) in [5.41, 5.74) is 1.19. The van der Waals surface area contributed by atoms with Crippen LogP contribution >= 0.6 is 0 Å². The Morgan fingerprint density at radius 3 is 2.58 bits per heavy atom. The standard InChI is InChI=1S/C16H23NO2/c1-12-4-2-3-5-16(12)19-9-8-17-13-6-7-14(17)11-15(18)10-13/h2-5,13-15,18H,6-11H2,1H3. The van der Waals surface area contributed by atoms with E-state index in [1.165, 1.54) is 18.4 Å². The first-order valence-electron chi connectivity index (χ1n) is 7.36. The SMILES string of the molecule is Cc1ccccc1OCCN1C2CCC1CC(O)C2. The minimum Gasteiger partial charge on any atom is -0.492 e. The summed E-state index contributed by atoms with van der Waals surface area (Å²) in [5, 5.41) is 9.79. The van der Waals surface area contributed by atoms with Crippen molar-refractivity contribution < 1.29 is 9.84 Å². The van der Waals surface area contributed by atoms with E-state index in [0.717, 1.165) is 31.7 Å². The van der Waals surface area contributed by atoms with E-state index in [9.17, 15) is 5.11 Å². The van der Waals surface area contributed by atoms with Crippen molar-refractivity contribution >= 4 is 0 Å². The third-order valence-corrected chi connectivity index (χ3v) is 4.56. The molecular formula is C16H23NO2. The molecule has 0 aromatic heterocycles. The van der Waals surface area contributed by atoms with Crippen LogP contribution in [0.15, 0.2) is 24.3 Å². The summed E-state index contributed by atoms with van der Waals surface area (Å²) in [5.74, 6) is 0.992. The molecule has 3 heteroatoms. The zero-order valence-electron chi connectivity index (χ0n) is 11.6. The van der Waals surface area contributed by atoms with Gasteiger partial charge in [0.25, 0.3) is 0 Å². The Hall–Kier alpha value is -1.06. The number of ether oxygens (including phenoxy) is 1. The summed E-state index contributed by atoms with van der Waals surface area (Å²) >= 11 is 0. The number of aliphatic hydroxyl groups is 1. The lowest BCUT2D eigenvalue weighted by Crippen LogP contribution is -2.46. The molecule has 0 saturated carbocycles. The Morgan fingerprint density at radius 1 is 1.21 bits per heavy atom. The van der Waals surface area contributed by atoms with Gasteiger partial charge in [-0.05, 0) is 44.2 Å². The Labute approximate surface area is 115 Å². The molecule has 1 aromatic carbocycles. The predicted molar refractivity (Wildman–Crippen MR) is 75.4 cm³/mol. The molecule has 0 aliphatic carbocycles. The van der Waals surface area contributed by atoms with Gasteiger partial charge in [-0.3, -0.25) is 4.90 Å². The van der Waals surface area contributed by atoms with Crippen LogP contribution in [0.3, 0.4) is 0 Å². The van der Waals surface area contributed by atoms with Crippen LogP contribution in [0.2, 0.25) is 0 Å². The molecule has 2 unspecified atom stereocenters. The van der Waals surface area contributed by atoms with E-state index in [4.69, 9.17) is 4.74 Å². The summed E-state index contributed by atoms with van der Waals surface area (Å²) in [6.07, 6.45) is 4.30. The number of hydrogen-bond acceptors (Lipinski definition) is 3. The highest BCUT2D eigenvalue weighted by molar-refractivity contribution is 5.31. The lowest BCUT2D eigenvalue weighted by atomic mass is 10.0. The fourth-order valence-electron chi connectivity index (χ4n) is 3.59. The molecule has 1 N–H and O–H groups in total. The van der Waals surface area contributed by atoms with Crippen LogP contribution < -0.4 is 4.74 Å². The number of benzene rings is 1. The average molecular weight is 261 g/mol. The highest BCUT2D eigenvalue weighted by Gasteiger charge is 2.39. The highest BCUT2D eigenvalue weighted by Crippen LogP contribution is 2.35. The molecule has 0 radical (unpaired) electrons. The van der Waals surface area contributed by atoms with Crippen LogP contribution in [0.4, 0.5) is 0 Å². The second-order valence-electron chi connectivity index (χ2n) is 5.86. The number of para-hydroxylation sites is 1. The summed E-state index contributed by atoms with van der Waals surface area (Å²) in [4.78, 5) is 2.55. The largest absolute Gasteiger partial charge is 0.492 e. The second kappa shape index (κ2) is 5.51. The first kappa shape index (κ1) is 12.9. The van der Waals surface area contributed by atoms with Gasteiger partial charge in [-0.15, -0.1) is 0 Å². The maximum atomic E-state index is 9.79. The van der Waals surface area contributed by atoms with Crippen molar-refractivity contribution in [3.63, 3.8) is 0 Å². The Bertz CT molecular complexity index is 421. The monoisotopic (exact) mass is 261 g/mol. The molecule has 2 heterocycles. The van der Waals surface area contributed by atoms with E-state index in [1.54, 1.807) is 0 Å². The Balaban J connectivity index is 1.52. The number of aliphatic hydroxyl groups excluding tert-OH is 1. The van der Waals surface area contributed by atoms with E-state index in [-0.39, 0.29) is 6.10 Å². The van der Waals surface area contributed by atoms with Crippen molar-refractivity contribution in [2.45, 2.75) is 50.8 Å². The molecule has 19 heavy (non-hydrogen) atoms. The van der Waals surface area contributed by atoms with Crippen molar-refractivity contribution in [1.29, 1.82) is 0 Å². The number of aryl methyl sites for hydroxylation is 1. The quantitative estimate of drug-likeness (QED) is 0.903. The number of nitrogens with zero attached hydrogens (tertiary/aromatic N) is 1. The van der Waals surface area contributed by atoms with E-state index in [2.05, 4.69) is 17.9 Å². The Kier molecular flexibility index (Phi) is 3.76. The number of rotatable bonds is 4. The van der Waals surface area contributed by atoms with Crippen LogP contribution in [0.5, 0.6) is 5.75 Å². The summed E-state index contributed by atoms with van der Waals surface area (Å²) in [6.45, 7) is 3.81. The van der Waals surface area contributed by atoms with Gasteiger partial charge in [-0.25, -0.2) is 0 Å². The Morgan fingerprint density at radius 2 is 1.89 bits per heavy atom. The summed E-state index contributed by atoms with van der Waals surface area (Å²) in [6, 6.07) is 9.32. The zero-order valence-corrected chi connectivity index (χ0v) is 11.6. The molecule has 0 spiro atoms. The molecule has 2 bridgehead atoms. The normalized spacial score (nSPS) is 30.5. The van der Waals surface area contributed by atoms with Gasteiger partial charge >= 0.3 is 0 Å². The average Bonchev–Trinajstić information content (AvgIpc) is 2.64.